The summed E-state index contributed by atoms with van der Waals surface area (Å²) in [7, 11) is 0. The van der Waals surface area contributed by atoms with Gasteiger partial charge in [0.05, 0.1) is 42.4 Å². The minimum atomic E-state index is -0.174. The van der Waals surface area contributed by atoms with Crippen LogP contribution in [0.1, 0.15) is 57.5 Å². The number of aromatic nitrogens is 5. The van der Waals surface area contributed by atoms with E-state index in [-0.39, 0.29) is 24.4 Å². The van der Waals surface area contributed by atoms with Crippen LogP contribution in [-0.4, -0.2) is 80.0 Å². The van der Waals surface area contributed by atoms with E-state index >= 15 is 0 Å². The fourth-order valence-electron chi connectivity index (χ4n) is 6.33. The van der Waals surface area contributed by atoms with Gasteiger partial charge in [-0.2, -0.15) is 0 Å². The van der Waals surface area contributed by atoms with E-state index in [4.69, 9.17) is 36.3 Å². The van der Waals surface area contributed by atoms with Gasteiger partial charge < -0.3 is 24.8 Å². The minimum Gasteiger partial charge on any atom is -0.487 e. The van der Waals surface area contributed by atoms with Crippen LogP contribution in [0.3, 0.4) is 0 Å². The van der Waals surface area contributed by atoms with Crippen LogP contribution < -0.4 is 20.1 Å². The first kappa shape index (κ1) is 33.1. The van der Waals surface area contributed by atoms with Crippen LogP contribution in [0.25, 0.3) is 11.1 Å². The van der Waals surface area contributed by atoms with E-state index in [1.807, 2.05) is 35.3 Å². The number of nitrogens with zero attached hydrogens (tertiary/aromatic N) is 6. The van der Waals surface area contributed by atoms with E-state index in [1.165, 1.54) is 0 Å². The van der Waals surface area contributed by atoms with Crippen LogP contribution in [0.15, 0.2) is 48.4 Å². The van der Waals surface area contributed by atoms with Crippen molar-refractivity contribution in [1.82, 2.24) is 34.9 Å². The topological polar surface area (TPSA) is 135 Å². The van der Waals surface area contributed by atoms with E-state index in [2.05, 4.69) is 44.3 Å². The Balaban J connectivity index is 1.14. The molecule has 1 saturated heterocycles. The molecule has 1 aliphatic heterocycles. The first-order valence-electron chi connectivity index (χ1n) is 16.1. The summed E-state index contributed by atoms with van der Waals surface area (Å²) >= 11 is 7.95. The molecule has 250 valence electrons. The van der Waals surface area contributed by atoms with Crippen molar-refractivity contribution in [2.45, 2.75) is 83.5 Å². The summed E-state index contributed by atoms with van der Waals surface area (Å²) in [5, 5.41) is 21.6. The number of hydrogen-bond acceptors (Lipinski definition) is 11. The molecule has 6 rings (SSSR count). The molecule has 3 N–H and O–H groups in total. The van der Waals surface area contributed by atoms with Crippen LogP contribution in [0, 0.1) is 5.41 Å². The number of rotatable bonds is 13. The fourth-order valence-corrected chi connectivity index (χ4v) is 7.02. The van der Waals surface area contributed by atoms with E-state index < -0.39 is 0 Å². The maximum Gasteiger partial charge on any atom is 0.257 e. The second kappa shape index (κ2) is 15.4. The molecule has 1 aromatic carbocycles. The quantitative estimate of drug-likeness (QED) is 0.109. The Morgan fingerprint density at radius 2 is 1.83 bits per heavy atom. The molecule has 3 aromatic heterocycles. The molecule has 0 spiro atoms. The molecule has 14 heteroatoms. The van der Waals surface area contributed by atoms with Gasteiger partial charge in [-0.15, -0.1) is 16.4 Å². The third-order valence-corrected chi connectivity index (χ3v) is 9.58. The van der Waals surface area contributed by atoms with Crippen molar-refractivity contribution in [3.8, 4) is 22.8 Å². The monoisotopic (exact) mass is 679 g/mol. The Morgan fingerprint density at radius 1 is 1.09 bits per heavy atom. The van der Waals surface area contributed by atoms with Crippen LogP contribution in [0.5, 0.6) is 11.6 Å². The van der Waals surface area contributed by atoms with Crippen LogP contribution >= 0.6 is 22.9 Å². The normalized spacial score (nSPS) is 22.4. The van der Waals surface area contributed by atoms with Crippen molar-refractivity contribution in [2.24, 2.45) is 0 Å². The van der Waals surface area contributed by atoms with E-state index in [0.717, 1.165) is 61.2 Å². The van der Waals surface area contributed by atoms with Crippen LogP contribution in [0.2, 0.25) is 5.02 Å². The van der Waals surface area contributed by atoms with Gasteiger partial charge in [0, 0.05) is 48.7 Å². The summed E-state index contributed by atoms with van der Waals surface area (Å²) < 4.78 is 20.2. The lowest BCUT2D eigenvalue weighted by atomic mass is 9.89. The smallest absolute Gasteiger partial charge is 0.257 e. The number of anilines is 2. The number of benzene rings is 1. The molecule has 47 heavy (non-hydrogen) atoms. The number of thiazole rings is 1. The average Bonchev–Trinajstić information content (AvgIpc) is 3.74. The molecule has 2 fully saturated rings. The number of ether oxygens (including phenoxy) is 3. The van der Waals surface area contributed by atoms with Gasteiger partial charge in [-0.1, -0.05) is 17.7 Å². The lowest BCUT2D eigenvalue weighted by Gasteiger charge is -2.42. The van der Waals surface area contributed by atoms with Crippen molar-refractivity contribution >= 4 is 40.9 Å². The highest BCUT2D eigenvalue weighted by Crippen LogP contribution is 2.36. The highest BCUT2D eigenvalue weighted by Gasteiger charge is 2.32. The number of nitrogens with one attached hydrogen (secondary N) is 3. The zero-order valence-corrected chi connectivity index (χ0v) is 28.5. The zero-order chi connectivity index (χ0) is 32.8. The first-order chi connectivity index (χ1) is 22.8. The molecule has 0 amide bonds. The fraction of sp³-hybridized carbons (Fsp3) is 0.485. The maximum absolute atomic E-state index is 7.16. The van der Waals surface area contributed by atoms with Gasteiger partial charge in [-0.25, -0.2) is 15.0 Å². The van der Waals surface area contributed by atoms with Crippen molar-refractivity contribution in [1.29, 1.82) is 5.41 Å². The first-order valence-corrected chi connectivity index (χ1v) is 17.4. The largest absolute Gasteiger partial charge is 0.487 e. The zero-order valence-electron chi connectivity index (χ0n) is 26.9. The second-order valence-electron chi connectivity index (χ2n) is 12.3. The molecule has 1 aliphatic carbocycles. The summed E-state index contributed by atoms with van der Waals surface area (Å²) in [6.07, 6.45) is 13.2. The van der Waals surface area contributed by atoms with Gasteiger partial charge in [-0.05, 0) is 64.2 Å². The number of morpholine rings is 1. The molecule has 4 aromatic rings. The number of halogens is 1. The average molecular weight is 680 g/mol. The standard InChI is InChI=1S/C33H42ClN9O3S/c1-21(13-36-20-35)46-30-12-24(4-9-28(30)34)25-14-38-33(39-15-25)40-29-18-43(41-32(29)44-19-31-37-10-11-47-31)27-7-5-26(6-8-27)42-16-22(2)45-23(3)17-42/h4,9-12,14-15,18,20-23,26-27H,5-8,13,16-17,19H2,1-3H3,(H2,35,36)(H,38,39,40)/t21-,22-,23+,26?,27?/m0/s1. The summed E-state index contributed by atoms with van der Waals surface area (Å²) in [5.41, 5.74) is 2.40. The Kier molecular flexibility index (Phi) is 10.9. The SMILES string of the molecule is C[C@@H]1CN(C2CCC(n3cc(Nc4ncc(-c5ccc(Cl)c(O[C@@H](C)CNC=N)c5)cn4)c(OCc4nccs4)n3)CC2)C[C@H](C)O1. The van der Waals surface area contributed by atoms with Crippen LogP contribution in [-0.2, 0) is 11.3 Å². The summed E-state index contributed by atoms with van der Waals surface area (Å²) in [6.45, 7) is 9.08. The molecule has 3 atom stereocenters. The van der Waals surface area contributed by atoms with Crippen LogP contribution in [0.4, 0.5) is 11.6 Å². The van der Waals surface area contributed by atoms with Gasteiger partial charge in [0.2, 0.25) is 5.95 Å². The molecule has 0 bridgehead atoms. The Bertz CT molecular complexity index is 1590. The predicted molar refractivity (Wildman–Crippen MR) is 184 cm³/mol. The Labute approximate surface area is 284 Å². The molecule has 2 aliphatic rings. The Hall–Kier alpha value is -3.78. The number of hydrogen-bond donors (Lipinski definition) is 3. The third-order valence-electron chi connectivity index (χ3n) is 8.52. The lowest BCUT2D eigenvalue weighted by molar-refractivity contribution is -0.0852. The summed E-state index contributed by atoms with van der Waals surface area (Å²) in [6, 6.07) is 6.44. The second-order valence-corrected chi connectivity index (χ2v) is 13.6. The van der Waals surface area contributed by atoms with Gasteiger partial charge in [-0.3, -0.25) is 15.0 Å². The van der Waals surface area contributed by atoms with Crippen molar-refractivity contribution in [3.05, 3.63) is 58.4 Å². The predicted octanol–water partition coefficient (Wildman–Crippen LogP) is 6.33. The van der Waals surface area contributed by atoms with E-state index in [1.54, 1.807) is 36.0 Å². The lowest BCUT2D eigenvalue weighted by Crippen LogP contribution is -2.51. The van der Waals surface area contributed by atoms with Crippen molar-refractivity contribution in [3.63, 3.8) is 0 Å². The third kappa shape index (κ3) is 8.58. The van der Waals surface area contributed by atoms with E-state index in [0.29, 0.717) is 47.5 Å². The molecule has 4 heterocycles. The van der Waals surface area contributed by atoms with Gasteiger partial charge in [0.1, 0.15) is 29.2 Å². The molecule has 0 unspecified atom stereocenters. The van der Waals surface area contributed by atoms with E-state index in [9.17, 15) is 0 Å². The minimum absolute atomic E-state index is 0.174. The molecular formula is C33H42ClN9O3S. The molecule has 12 nitrogen and oxygen atoms in total. The van der Waals surface area contributed by atoms with Gasteiger partial charge in [0.15, 0.2) is 0 Å². The summed E-state index contributed by atoms with van der Waals surface area (Å²) in [4.78, 5) is 16.2. The van der Waals surface area contributed by atoms with Gasteiger partial charge >= 0.3 is 0 Å². The molecular weight excluding hydrogens is 638 g/mol. The highest BCUT2D eigenvalue weighted by molar-refractivity contribution is 7.09. The van der Waals surface area contributed by atoms with Crippen molar-refractivity contribution < 1.29 is 14.2 Å². The van der Waals surface area contributed by atoms with Gasteiger partial charge in [0.25, 0.3) is 5.88 Å². The molecule has 1 saturated carbocycles. The van der Waals surface area contributed by atoms with Crippen molar-refractivity contribution in [2.75, 3.05) is 25.0 Å². The Morgan fingerprint density at radius 3 is 2.53 bits per heavy atom. The maximum atomic E-state index is 7.16. The molecule has 0 radical (unpaired) electrons. The summed E-state index contributed by atoms with van der Waals surface area (Å²) in [5.74, 6) is 1.49. The highest BCUT2D eigenvalue weighted by atomic mass is 35.5.